The van der Waals surface area contributed by atoms with E-state index in [9.17, 15) is 0 Å². The third kappa shape index (κ3) is 5.37. The zero-order valence-electron chi connectivity index (χ0n) is 30.2. The molecule has 262 valence electrons. The van der Waals surface area contributed by atoms with Gasteiger partial charge in [-0.3, -0.25) is 4.98 Å². The average molecular weight is 717 g/mol. The van der Waals surface area contributed by atoms with Gasteiger partial charge in [0.1, 0.15) is 11.2 Å². The van der Waals surface area contributed by atoms with Crippen LogP contribution in [0.3, 0.4) is 0 Å². The second-order valence-electron chi connectivity index (χ2n) is 14.0. The lowest BCUT2D eigenvalue weighted by molar-refractivity contribution is 0.670. The highest BCUT2D eigenvalue weighted by Gasteiger charge is 2.16. The minimum Gasteiger partial charge on any atom is -0.455 e. The minimum atomic E-state index is 0.642. The molecule has 4 aromatic heterocycles. The summed E-state index contributed by atoms with van der Waals surface area (Å²) >= 11 is 0. The van der Waals surface area contributed by atoms with Gasteiger partial charge in [-0.2, -0.15) is 0 Å². The molecule has 7 aromatic carbocycles. The maximum absolute atomic E-state index is 6.36. The van der Waals surface area contributed by atoms with E-state index in [4.69, 9.17) is 19.4 Å². The molecule has 5 nitrogen and oxygen atoms in total. The number of aromatic nitrogens is 4. The Morgan fingerprint density at radius 2 is 1.02 bits per heavy atom. The summed E-state index contributed by atoms with van der Waals surface area (Å²) in [5.74, 6) is 0.642. The summed E-state index contributed by atoms with van der Waals surface area (Å²) in [5.41, 5.74) is 14.0. The molecular formula is C51H32N4O. The second kappa shape index (κ2) is 13.0. The molecule has 0 saturated heterocycles. The van der Waals surface area contributed by atoms with Crippen LogP contribution < -0.4 is 0 Å². The molecular weight excluding hydrogens is 685 g/mol. The minimum absolute atomic E-state index is 0.642. The maximum atomic E-state index is 6.36. The van der Waals surface area contributed by atoms with Gasteiger partial charge in [-0.25, -0.2) is 9.97 Å². The fourth-order valence-corrected chi connectivity index (χ4v) is 7.96. The summed E-state index contributed by atoms with van der Waals surface area (Å²) in [5, 5.41) is 4.63. The van der Waals surface area contributed by atoms with Crippen LogP contribution in [0.25, 0.3) is 106 Å². The van der Waals surface area contributed by atoms with Gasteiger partial charge in [0.2, 0.25) is 0 Å². The van der Waals surface area contributed by atoms with Gasteiger partial charge in [-0.15, -0.1) is 0 Å². The molecule has 11 aromatic rings. The molecule has 0 N–H and O–H groups in total. The zero-order valence-corrected chi connectivity index (χ0v) is 30.2. The van der Waals surface area contributed by atoms with E-state index in [0.717, 1.165) is 89.1 Å². The lowest BCUT2D eigenvalue weighted by Gasteiger charge is -2.10. The summed E-state index contributed by atoms with van der Waals surface area (Å²) in [6.45, 7) is 0. The van der Waals surface area contributed by atoms with E-state index in [0.29, 0.717) is 5.82 Å². The van der Waals surface area contributed by atoms with Crippen molar-refractivity contribution in [1.82, 2.24) is 19.5 Å². The Balaban J connectivity index is 0.955. The number of hydrogen-bond acceptors (Lipinski definition) is 4. The predicted molar refractivity (Wildman–Crippen MR) is 229 cm³/mol. The SMILES string of the molecule is c1ccc(-c2cc(-c3ccccc3)nc(-c3ccc(-c4ccc5c(c4)c4ccccc4n5-c4ccc(-c5cccc6c5oc5ccccc56)cc4)nc3)n2)cc1. The molecule has 0 aliphatic heterocycles. The summed E-state index contributed by atoms with van der Waals surface area (Å²) in [7, 11) is 0. The first-order chi connectivity index (χ1) is 27.7. The Morgan fingerprint density at radius 1 is 0.393 bits per heavy atom. The number of rotatable bonds is 6. The summed E-state index contributed by atoms with van der Waals surface area (Å²) in [6.07, 6.45) is 1.88. The average Bonchev–Trinajstić information content (AvgIpc) is 3.83. The van der Waals surface area contributed by atoms with Crippen molar-refractivity contribution >= 4 is 43.7 Å². The van der Waals surface area contributed by atoms with Crippen molar-refractivity contribution in [2.75, 3.05) is 0 Å². The number of nitrogens with zero attached hydrogens (tertiary/aromatic N) is 4. The summed E-state index contributed by atoms with van der Waals surface area (Å²) in [6, 6.07) is 65.3. The molecule has 0 radical (unpaired) electrons. The van der Waals surface area contributed by atoms with Crippen molar-refractivity contribution in [3.8, 4) is 62.0 Å². The molecule has 5 heteroatoms. The van der Waals surface area contributed by atoms with Crippen LogP contribution in [0.2, 0.25) is 0 Å². The largest absolute Gasteiger partial charge is 0.455 e. The fraction of sp³-hybridized carbons (Fsp3) is 0. The Hall–Kier alpha value is -7.63. The third-order valence-electron chi connectivity index (χ3n) is 10.7. The first-order valence-electron chi connectivity index (χ1n) is 18.8. The summed E-state index contributed by atoms with van der Waals surface area (Å²) < 4.78 is 8.70. The normalized spacial score (nSPS) is 11.6. The Bertz CT molecular complexity index is 3160. The van der Waals surface area contributed by atoms with Crippen LogP contribution in [0, 0.1) is 0 Å². The number of fused-ring (bicyclic) bond motifs is 6. The molecule has 0 fully saturated rings. The standard InChI is InChI=1S/C51H32N4O/c1-3-12-34(13-4-1)45-31-46(35-14-5-2-6-15-35)54-51(53-45)37-24-28-44(52-32-37)36-25-29-48-43(30-36)40-16-7-9-20-47(40)55(48)38-26-22-33(23-27-38)39-18-11-19-42-41-17-8-10-21-49(41)56-50(39)42/h1-32H. The lowest BCUT2D eigenvalue weighted by atomic mass is 10.0. The quantitative estimate of drug-likeness (QED) is 0.172. The molecule has 0 atom stereocenters. The third-order valence-corrected chi connectivity index (χ3v) is 10.7. The Kier molecular flexibility index (Phi) is 7.42. The zero-order chi connectivity index (χ0) is 37.0. The van der Waals surface area contributed by atoms with Gasteiger partial charge in [-0.1, -0.05) is 133 Å². The van der Waals surface area contributed by atoms with Crippen LogP contribution in [0.5, 0.6) is 0 Å². The Labute approximate surface area is 322 Å². The van der Waals surface area contributed by atoms with E-state index in [1.54, 1.807) is 0 Å². The Morgan fingerprint density at radius 3 is 1.75 bits per heavy atom. The van der Waals surface area contributed by atoms with Gasteiger partial charge in [-0.05, 0) is 60.2 Å². The second-order valence-corrected chi connectivity index (χ2v) is 14.0. The van der Waals surface area contributed by atoms with Gasteiger partial charge in [0.05, 0.1) is 28.1 Å². The molecule has 0 saturated carbocycles. The van der Waals surface area contributed by atoms with Crippen LogP contribution >= 0.6 is 0 Å². The van der Waals surface area contributed by atoms with Crippen molar-refractivity contribution in [3.63, 3.8) is 0 Å². The first-order valence-corrected chi connectivity index (χ1v) is 18.8. The van der Waals surface area contributed by atoms with Crippen molar-refractivity contribution in [3.05, 3.63) is 194 Å². The van der Waals surface area contributed by atoms with E-state index >= 15 is 0 Å². The van der Waals surface area contributed by atoms with Crippen molar-refractivity contribution in [2.24, 2.45) is 0 Å². The van der Waals surface area contributed by atoms with Gasteiger partial charge >= 0.3 is 0 Å². The molecule has 0 aliphatic rings. The lowest BCUT2D eigenvalue weighted by Crippen LogP contribution is -1.96. The van der Waals surface area contributed by atoms with Gasteiger partial charge < -0.3 is 8.98 Å². The highest BCUT2D eigenvalue weighted by molar-refractivity contribution is 6.11. The number of furan rings is 1. The van der Waals surface area contributed by atoms with E-state index in [1.807, 2.05) is 54.7 Å². The predicted octanol–water partition coefficient (Wildman–Crippen LogP) is 13.2. The van der Waals surface area contributed by atoms with E-state index in [1.165, 1.54) is 10.8 Å². The van der Waals surface area contributed by atoms with Gasteiger partial charge in [0.15, 0.2) is 5.82 Å². The number of para-hydroxylation sites is 3. The van der Waals surface area contributed by atoms with Crippen molar-refractivity contribution in [1.29, 1.82) is 0 Å². The van der Waals surface area contributed by atoms with Crippen LogP contribution in [0.4, 0.5) is 0 Å². The molecule has 11 rings (SSSR count). The summed E-state index contributed by atoms with van der Waals surface area (Å²) in [4.78, 5) is 15.0. The molecule has 0 bridgehead atoms. The number of pyridine rings is 1. The number of benzene rings is 7. The van der Waals surface area contributed by atoms with E-state index in [-0.39, 0.29) is 0 Å². The van der Waals surface area contributed by atoms with Crippen molar-refractivity contribution < 1.29 is 4.42 Å². The van der Waals surface area contributed by atoms with E-state index < -0.39 is 0 Å². The number of hydrogen-bond donors (Lipinski definition) is 0. The van der Waals surface area contributed by atoms with Gasteiger partial charge in [0.25, 0.3) is 0 Å². The van der Waals surface area contributed by atoms with Crippen LogP contribution in [0.1, 0.15) is 0 Å². The first kappa shape index (κ1) is 31.9. The molecule has 0 amide bonds. The molecule has 0 spiro atoms. The smallest absolute Gasteiger partial charge is 0.161 e. The highest BCUT2D eigenvalue weighted by Crippen LogP contribution is 2.38. The van der Waals surface area contributed by atoms with Crippen molar-refractivity contribution in [2.45, 2.75) is 0 Å². The monoisotopic (exact) mass is 716 g/mol. The molecule has 0 aliphatic carbocycles. The highest BCUT2D eigenvalue weighted by atomic mass is 16.3. The van der Waals surface area contributed by atoms with Crippen LogP contribution in [-0.2, 0) is 0 Å². The molecule has 56 heavy (non-hydrogen) atoms. The van der Waals surface area contributed by atoms with Crippen LogP contribution in [0.15, 0.2) is 199 Å². The maximum Gasteiger partial charge on any atom is 0.161 e. The van der Waals surface area contributed by atoms with E-state index in [2.05, 4.69) is 144 Å². The molecule has 0 unspecified atom stereocenters. The van der Waals surface area contributed by atoms with Gasteiger partial charge in [0, 0.05) is 61.2 Å². The van der Waals surface area contributed by atoms with Crippen LogP contribution in [-0.4, -0.2) is 19.5 Å². The topological polar surface area (TPSA) is 56.7 Å². The fourth-order valence-electron chi connectivity index (χ4n) is 7.96. The molecule has 4 heterocycles.